The van der Waals surface area contributed by atoms with Crippen molar-refractivity contribution < 1.29 is 14.3 Å². The summed E-state index contributed by atoms with van der Waals surface area (Å²) in [6.45, 7) is 2.06. The lowest BCUT2D eigenvalue weighted by atomic mass is 10.1. The van der Waals surface area contributed by atoms with E-state index in [4.69, 9.17) is 14.6 Å². The number of benzene rings is 3. The molecule has 1 aliphatic heterocycles. The molecule has 6 nitrogen and oxygen atoms in total. The standard InChI is InChI=1S/C27H23N3O3S2/c1-17-8-12-20(13-9-17)34-16-23-21(14-18-10-11-19(32-2)15-24(18)33-3)26(31)30(29-23)27-28-22-6-4-5-7-25(22)35-27/h4-15H,16H2,1-3H3. The molecule has 0 bridgehead atoms. The monoisotopic (exact) mass is 501 g/mol. The largest absolute Gasteiger partial charge is 0.497 e. The summed E-state index contributed by atoms with van der Waals surface area (Å²) >= 11 is 3.09. The number of rotatable bonds is 7. The molecule has 0 unspecified atom stereocenters. The molecular weight excluding hydrogens is 478 g/mol. The smallest absolute Gasteiger partial charge is 0.282 e. The van der Waals surface area contributed by atoms with Gasteiger partial charge in [0.2, 0.25) is 5.13 Å². The number of carbonyl (C=O) groups is 1. The molecule has 0 N–H and O–H groups in total. The second-order valence-corrected chi connectivity index (χ2v) is 9.95. The number of methoxy groups -OCH3 is 2. The van der Waals surface area contributed by atoms with E-state index in [-0.39, 0.29) is 5.91 Å². The van der Waals surface area contributed by atoms with Crippen molar-refractivity contribution in [3.8, 4) is 11.5 Å². The molecule has 8 heteroatoms. The van der Waals surface area contributed by atoms with E-state index in [1.165, 1.54) is 21.9 Å². The Labute approximate surface area is 211 Å². The Hall–Kier alpha value is -3.62. The third kappa shape index (κ3) is 4.80. The van der Waals surface area contributed by atoms with Gasteiger partial charge >= 0.3 is 0 Å². The van der Waals surface area contributed by atoms with Crippen molar-refractivity contribution in [3.05, 3.63) is 83.4 Å². The number of hydrazone groups is 1. The van der Waals surface area contributed by atoms with Gasteiger partial charge in [-0.05, 0) is 49.4 Å². The Morgan fingerprint density at radius 2 is 1.83 bits per heavy atom. The molecule has 2 heterocycles. The first-order chi connectivity index (χ1) is 17.1. The highest BCUT2D eigenvalue weighted by atomic mass is 32.2. The van der Waals surface area contributed by atoms with Crippen molar-refractivity contribution in [2.75, 3.05) is 25.0 Å². The van der Waals surface area contributed by atoms with Crippen LogP contribution in [0.3, 0.4) is 0 Å². The van der Waals surface area contributed by atoms with Crippen LogP contribution in [0.4, 0.5) is 5.13 Å². The zero-order valence-electron chi connectivity index (χ0n) is 19.5. The summed E-state index contributed by atoms with van der Waals surface area (Å²) in [5, 5.41) is 6.70. The summed E-state index contributed by atoms with van der Waals surface area (Å²) in [5.41, 5.74) is 4.04. The van der Waals surface area contributed by atoms with Gasteiger partial charge in [-0.3, -0.25) is 4.79 Å². The molecule has 35 heavy (non-hydrogen) atoms. The molecule has 1 amide bonds. The van der Waals surface area contributed by atoms with Crippen LogP contribution < -0.4 is 14.5 Å². The Morgan fingerprint density at radius 1 is 1.03 bits per heavy atom. The number of thiazole rings is 1. The van der Waals surface area contributed by atoms with E-state index in [0.29, 0.717) is 33.7 Å². The second-order valence-electron chi connectivity index (χ2n) is 7.90. The number of aromatic nitrogens is 1. The third-order valence-electron chi connectivity index (χ3n) is 5.56. The zero-order valence-corrected chi connectivity index (χ0v) is 21.2. The van der Waals surface area contributed by atoms with Crippen LogP contribution in [-0.4, -0.2) is 36.6 Å². The van der Waals surface area contributed by atoms with Gasteiger partial charge in [0, 0.05) is 22.3 Å². The highest BCUT2D eigenvalue weighted by molar-refractivity contribution is 8.00. The van der Waals surface area contributed by atoms with Gasteiger partial charge in [0.1, 0.15) is 11.5 Å². The Morgan fingerprint density at radius 3 is 2.57 bits per heavy atom. The fourth-order valence-electron chi connectivity index (χ4n) is 3.67. The number of nitrogens with zero attached hydrogens (tertiary/aromatic N) is 3. The van der Waals surface area contributed by atoms with Gasteiger partial charge < -0.3 is 9.47 Å². The maximum Gasteiger partial charge on any atom is 0.282 e. The van der Waals surface area contributed by atoms with E-state index >= 15 is 0 Å². The molecule has 176 valence electrons. The van der Waals surface area contributed by atoms with Crippen LogP contribution in [0.15, 0.2) is 82.3 Å². The predicted molar refractivity (Wildman–Crippen MR) is 144 cm³/mol. The van der Waals surface area contributed by atoms with Gasteiger partial charge in [0.15, 0.2) is 0 Å². The minimum atomic E-state index is -0.207. The predicted octanol–water partition coefficient (Wildman–Crippen LogP) is 6.20. The van der Waals surface area contributed by atoms with Gasteiger partial charge in [0.05, 0.1) is 35.7 Å². The molecule has 0 radical (unpaired) electrons. The molecule has 0 saturated heterocycles. The minimum absolute atomic E-state index is 0.207. The number of aryl methyl sites for hydroxylation is 1. The summed E-state index contributed by atoms with van der Waals surface area (Å²) in [7, 11) is 3.21. The Balaban J connectivity index is 1.52. The van der Waals surface area contributed by atoms with Gasteiger partial charge in [0.25, 0.3) is 5.91 Å². The fraction of sp³-hybridized carbons (Fsp3) is 0.148. The van der Waals surface area contributed by atoms with Crippen LogP contribution in [0.2, 0.25) is 0 Å². The molecule has 5 rings (SSSR count). The number of hydrogen-bond donors (Lipinski definition) is 0. The van der Waals surface area contributed by atoms with E-state index in [1.807, 2.05) is 42.5 Å². The number of amides is 1. The van der Waals surface area contributed by atoms with E-state index in [2.05, 4.69) is 36.2 Å². The number of thioether (sulfide) groups is 1. The Bertz CT molecular complexity index is 1430. The molecule has 1 aliphatic rings. The van der Waals surface area contributed by atoms with Crippen LogP contribution in [-0.2, 0) is 4.79 Å². The van der Waals surface area contributed by atoms with Crippen molar-refractivity contribution >= 4 is 56.1 Å². The van der Waals surface area contributed by atoms with Crippen molar-refractivity contribution in [1.29, 1.82) is 0 Å². The topological polar surface area (TPSA) is 64.0 Å². The molecule has 0 atom stereocenters. The first kappa shape index (κ1) is 23.1. The normalized spacial score (nSPS) is 14.6. The number of fused-ring (bicyclic) bond motifs is 1. The average Bonchev–Trinajstić information content (AvgIpc) is 3.45. The zero-order chi connectivity index (χ0) is 24.4. The van der Waals surface area contributed by atoms with Crippen LogP contribution >= 0.6 is 23.1 Å². The van der Waals surface area contributed by atoms with E-state index in [9.17, 15) is 4.79 Å². The lowest BCUT2D eigenvalue weighted by Crippen LogP contribution is -2.21. The van der Waals surface area contributed by atoms with Gasteiger partial charge in [-0.15, -0.1) is 11.8 Å². The molecule has 0 fully saturated rings. The van der Waals surface area contributed by atoms with E-state index < -0.39 is 0 Å². The molecule has 0 aliphatic carbocycles. The molecule has 4 aromatic rings. The highest BCUT2D eigenvalue weighted by Crippen LogP contribution is 2.35. The fourth-order valence-corrected chi connectivity index (χ4v) is 5.43. The lowest BCUT2D eigenvalue weighted by Gasteiger charge is -2.09. The van der Waals surface area contributed by atoms with Crippen molar-refractivity contribution in [3.63, 3.8) is 0 Å². The summed E-state index contributed by atoms with van der Waals surface area (Å²) in [6, 6.07) is 21.7. The SMILES string of the molecule is COc1ccc(C=C2C(=O)N(c3nc4ccccc4s3)N=C2CSc2ccc(C)cc2)c(OC)c1. The van der Waals surface area contributed by atoms with Gasteiger partial charge in [-0.2, -0.15) is 10.1 Å². The summed E-state index contributed by atoms with van der Waals surface area (Å²) in [6.07, 6.45) is 1.84. The molecule has 3 aromatic carbocycles. The minimum Gasteiger partial charge on any atom is -0.497 e. The van der Waals surface area contributed by atoms with Gasteiger partial charge in [-0.1, -0.05) is 41.2 Å². The Kier molecular flexibility index (Phi) is 6.57. The van der Waals surface area contributed by atoms with Crippen molar-refractivity contribution in [2.24, 2.45) is 5.10 Å². The maximum absolute atomic E-state index is 13.6. The lowest BCUT2D eigenvalue weighted by molar-refractivity contribution is -0.114. The number of ether oxygens (including phenoxy) is 2. The quantitative estimate of drug-likeness (QED) is 0.223. The number of hydrogen-bond acceptors (Lipinski definition) is 7. The first-order valence-corrected chi connectivity index (χ1v) is 12.8. The first-order valence-electron chi connectivity index (χ1n) is 11.0. The van der Waals surface area contributed by atoms with Crippen LogP contribution in [0.1, 0.15) is 11.1 Å². The van der Waals surface area contributed by atoms with Crippen LogP contribution in [0.5, 0.6) is 11.5 Å². The van der Waals surface area contributed by atoms with Crippen molar-refractivity contribution in [2.45, 2.75) is 11.8 Å². The molecule has 0 spiro atoms. The van der Waals surface area contributed by atoms with Crippen LogP contribution in [0.25, 0.3) is 16.3 Å². The molecule has 1 aromatic heterocycles. The number of para-hydroxylation sites is 1. The highest BCUT2D eigenvalue weighted by Gasteiger charge is 2.33. The summed E-state index contributed by atoms with van der Waals surface area (Å²) < 4.78 is 11.9. The molecular formula is C27H23N3O3S2. The molecule has 0 saturated carbocycles. The van der Waals surface area contributed by atoms with Crippen LogP contribution in [0, 0.1) is 6.92 Å². The van der Waals surface area contributed by atoms with Gasteiger partial charge in [-0.25, -0.2) is 4.98 Å². The summed E-state index contributed by atoms with van der Waals surface area (Å²) in [4.78, 5) is 19.4. The number of anilines is 1. The maximum atomic E-state index is 13.6. The second kappa shape index (κ2) is 9.93. The average molecular weight is 502 g/mol. The van der Waals surface area contributed by atoms with E-state index in [0.717, 1.165) is 20.7 Å². The van der Waals surface area contributed by atoms with Crippen molar-refractivity contribution in [1.82, 2.24) is 4.98 Å². The third-order valence-corrected chi connectivity index (χ3v) is 7.59. The number of carbonyl (C=O) groups excluding carboxylic acids is 1. The summed E-state index contributed by atoms with van der Waals surface area (Å²) in [5.74, 6) is 1.64. The van der Waals surface area contributed by atoms with E-state index in [1.54, 1.807) is 32.0 Å².